The van der Waals surface area contributed by atoms with Gasteiger partial charge in [0.2, 0.25) is 5.95 Å². The average Bonchev–Trinajstić information content (AvgIpc) is 3.81. The SMILES string of the molecule is c1ccc(-c2nc(-c3ccc4c(c3)sc3ccc(-c5ccc6c7ccccc7c7ccccc7c6c5)cc34)nc(-n3c4ccccc4c4ccccc43)n2)cc1. The molecule has 5 heteroatoms. The fourth-order valence-electron chi connectivity index (χ4n) is 8.63. The van der Waals surface area contributed by atoms with Gasteiger partial charge in [-0.1, -0.05) is 146 Å². The third-order valence-corrected chi connectivity index (χ3v) is 12.4. The molecule has 56 heavy (non-hydrogen) atoms. The lowest BCUT2D eigenvalue weighted by atomic mass is 9.92. The Hall–Kier alpha value is -7.21. The van der Waals surface area contributed by atoms with Crippen LogP contribution in [0.5, 0.6) is 0 Å². The molecule has 0 aliphatic carbocycles. The number of fused-ring (bicyclic) bond motifs is 12. The minimum atomic E-state index is 0.600. The highest BCUT2D eigenvalue weighted by atomic mass is 32.1. The molecular formula is C51H30N4S. The molecule has 3 aromatic heterocycles. The van der Waals surface area contributed by atoms with Crippen LogP contribution in [0.3, 0.4) is 0 Å². The lowest BCUT2D eigenvalue weighted by Crippen LogP contribution is -2.06. The summed E-state index contributed by atoms with van der Waals surface area (Å²) in [4.78, 5) is 15.4. The number of aromatic nitrogens is 4. The van der Waals surface area contributed by atoms with Crippen molar-refractivity contribution >= 4 is 85.6 Å². The predicted molar refractivity (Wildman–Crippen MR) is 236 cm³/mol. The molecule has 0 spiro atoms. The molecule has 260 valence electrons. The number of thiophene rings is 1. The summed E-state index contributed by atoms with van der Waals surface area (Å²) < 4.78 is 4.62. The third kappa shape index (κ3) is 4.75. The Balaban J connectivity index is 1.00. The quantitative estimate of drug-likeness (QED) is 0.169. The monoisotopic (exact) mass is 730 g/mol. The predicted octanol–water partition coefficient (Wildman–Crippen LogP) is 13.8. The second-order valence-electron chi connectivity index (χ2n) is 14.4. The first-order chi connectivity index (χ1) is 27.7. The van der Waals surface area contributed by atoms with Gasteiger partial charge in [0.15, 0.2) is 11.6 Å². The van der Waals surface area contributed by atoms with Crippen molar-refractivity contribution in [3.05, 3.63) is 182 Å². The summed E-state index contributed by atoms with van der Waals surface area (Å²) in [7, 11) is 0. The summed E-state index contributed by atoms with van der Waals surface area (Å²) in [6.07, 6.45) is 0. The van der Waals surface area contributed by atoms with Crippen molar-refractivity contribution in [2.45, 2.75) is 0 Å². The van der Waals surface area contributed by atoms with Crippen LogP contribution in [0.2, 0.25) is 0 Å². The summed E-state index contributed by atoms with van der Waals surface area (Å²) in [6.45, 7) is 0. The lowest BCUT2D eigenvalue weighted by molar-refractivity contribution is 0.954. The van der Waals surface area contributed by atoms with E-state index in [0.717, 1.165) is 22.2 Å². The van der Waals surface area contributed by atoms with Gasteiger partial charge in [-0.3, -0.25) is 4.57 Å². The maximum atomic E-state index is 5.20. The number of para-hydroxylation sites is 2. The Bertz CT molecular complexity index is 3460. The first-order valence-electron chi connectivity index (χ1n) is 18.9. The van der Waals surface area contributed by atoms with Crippen LogP contribution in [0, 0.1) is 0 Å². The zero-order chi connectivity index (χ0) is 36.7. The van der Waals surface area contributed by atoms with Crippen molar-refractivity contribution in [2.75, 3.05) is 0 Å². The van der Waals surface area contributed by atoms with E-state index in [9.17, 15) is 0 Å². The van der Waals surface area contributed by atoms with Crippen molar-refractivity contribution < 1.29 is 0 Å². The number of hydrogen-bond acceptors (Lipinski definition) is 4. The molecule has 3 heterocycles. The average molecular weight is 731 g/mol. The van der Waals surface area contributed by atoms with Crippen LogP contribution in [0.15, 0.2) is 182 Å². The van der Waals surface area contributed by atoms with E-state index in [1.165, 1.54) is 74.4 Å². The molecule has 0 saturated carbocycles. The molecule has 4 nitrogen and oxygen atoms in total. The fourth-order valence-corrected chi connectivity index (χ4v) is 9.76. The van der Waals surface area contributed by atoms with Crippen molar-refractivity contribution in [3.63, 3.8) is 0 Å². The van der Waals surface area contributed by atoms with Crippen LogP contribution in [0.25, 0.3) is 114 Å². The molecule has 9 aromatic carbocycles. The van der Waals surface area contributed by atoms with Gasteiger partial charge in [-0.05, 0) is 79.8 Å². The van der Waals surface area contributed by atoms with Gasteiger partial charge in [-0.15, -0.1) is 11.3 Å². The normalized spacial score (nSPS) is 11.9. The Labute approximate surface area is 325 Å². The van der Waals surface area contributed by atoms with E-state index in [2.05, 4.69) is 168 Å². The molecule has 0 radical (unpaired) electrons. The topological polar surface area (TPSA) is 43.6 Å². The van der Waals surface area contributed by atoms with E-state index < -0.39 is 0 Å². The summed E-state index contributed by atoms with van der Waals surface area (Å²) in [5.74, 6) is 1.89. The smallest absolute Gasteiger partial charge is 0.238 e. The largest absolute Gasteiger partial charge is 0.278 e. The van der Waals surface area contributed by atoms with Crippen molar-refractivity contribution in [1.29, 1.82) is 0 Å². The number of rotatable bonds is 4. The van der Waals surface area contributed by atoms with E-state index in [-0.39, 0.29) is 0 Å². The molecule has 0 amide bonds. The molecule has 0 unspecified atom stereocenters. The van der Waals surface area contributed by atoms with Crippen molar-refractivity contribution in [3.8, 4) is 39.9 Å². The van der Waals surface area contributed by atoms with E-state index in [1.54, 1.807) is 0 Å². The van der Waals surface area contributed by atoms with Gasteiger partial charge in [0, 0.05) is 42.1 Å². The molecule has 12 rings (SSSR count). The molecule has 0 aliphatic rings. The standard InChI is InChI=1S/C51H30N4S/c1-2-12-31(13-3-1)49-52-50(54-51(53-49)55-45-20-10-8-18-40(45)41-19-9-11-21-46(41)55)34-23-26-42-44-29-33(24-27-47(44)56-48(42)30-34)32-22-25-39-37-16-5-4-14-35(37)36-15-6-7-17-38(36)43(39)28-32/h1-30H. The molecule has 0 saturated heterocycles. The van der Waals surface area contributed by atoms with E-state index >= 15 is 0 Å². The Morgan fingerprint density at radius 3 is 1.45 bits per heavy atom. The van der Waals surface area contributed by atoms with Gasteiger partial charge in [0.1, 0.15) is 0 Å². The summed E-state index contributed by atoms with van der Waals surface area (Å²) in [5.41, 5.74) is 6.46. The molecule has 0 fully saturated rings. The summed E-state index contributed by atoms with van der Waals surface area (Å²) >= 11 is 1.81. The minimum Gasteiger partial charge on any atom is -0.278 e. The maximum absolute atomic E-state index is 5.20. The van der Waals surface area contributed by atoms with Crippen LogP contribution in [-0.2, 0) is 0 Å². The highest BCUT2D eigenvalue weighted by molar-refractivity contribution is 7.25. The van der Waals surface area contributed by atoms with E-state index in [0.29, 0.717) is 17.6 Å². The molecule has 0 aliphatic heterocycles. The molecular weight excluding hydrogens is 701 g/mol. The van der Waals surface area contributed by atoms with Crippen molar-refractivity contribution in [2.24, 2.45) is 0 Å². The molecule has 0 N–H and O–H groups in total. The molecule has 12 aromatic rings. The zero-order valence-corrected chi connectivity index (χ0v) is 30.8. The van der Waals surface area contributed by atoms with Gasteiger partial charge < -0.3 is 0 Å². The Kier molecular flexibility index (Phi) is 6.76. The number of nitrogens with zero attached hydrogens (tertiary/aromatic N) is 4. The number of hydrogen-bond donors (Lipinski definition) is 0. The van der Waals surface area contributed by atoms with Gasteiger partial charge >= 0.3 is 0 Å². The Morgan fingerprint density at radius 2 is 0.786 bits per heavy atom. The minimum absolute atomic E-state index is 0.600. The number of benzene rings is 9. The van der Waals surface area contributed by atoms with E-state index in [4.69, 9.17) is 15.0 Å². The molecule has 0 bridgehead atoms. The second-order valence-corrected chi connectivity index (χ2v) is 15.5. The maximum Gasteiger partial charge on any atom is 0.238 e. The van der Waals surface area contributed by atoms with Crippen molar-refractivity contribution in [1.82, 2.24) is 19.5 Å². The van der Waals surface area contributed by atoms with Gasteiger partial charge in [-0.25, -0.2) is 4.98 Å². The summed E-state index contributed by atoms with van der Waals surface area (Å²) in [6, 6.07) is 65.1. The molecule has 0 atom stereocenters. The van der Waals surface area contributed by atoms with Crippen LogP contribution in [0.4, 0.5) is 0 Å². The third-order valence-electron chi connectivity index (χ3n) is 11.2. The van der Waals surface area contributed by atoms with Gasteiger partial charge in [0.05, 0.1) is 11.0 Å². The zero-order valence-electron chi connectivity index (χ0n) is 30.0. The summed E-state index contributed by atoms with van der Waals surface area (Å²) in [5, 5.41) is 12.6. The highest BCUT2D eigenvalue weighted by Gasteiger charge is 2.18. The van der Waals surface area contributed by atoms with Crippen LogP contribution < -0.4 is 0 Å². The first kappa shape index (κ1) is 31.2. The van der Waals surface area contributed by atoms with Crippen LogP contribution >= 0.6 is 11.3 Å². The lowest BCUT2D eigenvalue weighted by Gasteiger charge is -2.12. The Morgan fingerprint density at radius 1 is 0.304 bits per heavy atom. The first-order valence-corrected chi connectivity index (χ1v) is 19.7. The van der Waals surface area contributed by atoms with Gasteiger partial charge in [0.25, 0.3) is 0 Å². The van der Waals surface area contributed by atoms with Crippen LogP contribution in [0.1, 0.15) is 0 Å². The van der Waals surface area contributed by atoms with Gasteiger partial charge in [-0.2, -0.15) is 9.97 Å². The fraction of sp³-hybridized carbons (Fsp3) is 0. The van der Waals surface area contributed by atoms with E-state index in [1.807, 2.05) is 29.5 Å². The highest BCUT2D eigenvalue weighted by Crippen LogP contribution is 2.41. The van der Waals surface area contributed by atoms with Crippen LogP contribution in [-0.4, -0.2) is 19.5 Å². The second kappa shape index (κ2) is 12.2.